The number of nitrogens with two attached hydrogens (primary N) is 1. The lowest BCUT2D eigenvalue weighted by Crippen LogP contribution is -2.47. The number of carbonyl (C=O) groups is 1. The highest BCUT2D eigenvalue weighted by Crippen LogP contribution is 2.17. The fourth-order valence-electron chi connectivity index (χ4n) is 2.10. The van der Waals surface area contributed by atoms with E-state index in [4.69, 9.17) is 10.5 Å². The summed E-state index contributed by atoms with van der Waals surface area (Å²) in [5.74, 6) is 0.191. The summed E-state index contributed by atoms with van der Waals surface area (Å²) >= 11 is 0. The Morgan fingerprint density at radius 3 is 2.76 bits per heavy atom. The van der Waals surface area contributed by atoms with Gasteiger partial charge in [0.25, 0.3) is 0 Å². The molecule has 0 spiro atoms. The fourth-order valence-corrected chi connectivity index (χ4v) is 2.10. The van der Waals surface area contributed by atoms with Gasteiger partial charge >= 0.3 is 0 Å². The van der Waals surface area contributed by atoms with E-state index in [-0.39, 0.29) is 30.5 Å². The highest BCUT2D eigenvalue weighted by atomic mass is 35.5. The van der Waals surface area contributed by atoms with Gasteiger partial charge in [0.1, 0.15) is 0 Å². The highest BCUT2D eigenvalue weighted by Gasteiger charge is 2.24. The van der Waals surface area contributed by atoms with E-state index in [0.717, 1.165) is 19.4 Å². The van der Waals surface area contributed by atoms with Gasteiger partial charge in [0.2, 0.25) is 5.91 Å². The fraction of sp³-hybridized carbons (Fsp3) is 0.917. The summed E-state index contributed by atoms with van der Waals surface area (Å²) in [6.07, 6.45) is 4.02. The van der Waals surface area contributed by atoms with Crippen LogP contribution in [0.4, 0.5) is 0 Å². The number of piperidine rings is 1. The van der Waals surface area contributed by atoms with Crippen LogP contribution in [0.25, 0.3) is 0 Å². The largest absolute Gasteiger partial charge is 0.378 e. The molecule has 1 rings (SSSR count). The lowest BCUT2D eigenvalue weighted by atomic mass is 10.0. The molecule has 4 nitrogen and oxygen atoms in total. The maximum atomic E-state index is 11.9. The van der Waals surface area contributed by atoms with Gasteiger partial charge in [-0.25, -0.2) is 0 Å². The molecule has 0 aromatic heterocycles. The van der Waals surface area contributed by atoms with Crippen molar-refractivity contribution >= 4 is 18.3 Å². The zero-order valence-electron chi connectivity index (χ0n) is 10.9. The minimum absolute atomic E-state index is 0. The van der Waals surface area contributed by atoms with Crippen LogP contribution >= 0.6 is 12.4 Å². The van der Waals surface area contributed by atoms with Gasteiger partial charge in [0.05, 0.1) is 19.1 Å². The molecule has 0 radical (unpaired) electrons. The predicted molar refractivity (Wildman–Crippen MR) is 71.4 cm³/mol. The van der Waals surface area contributed by atoms with Gasteiger partial charge < -0.3 is 15.4 Å². The van der Waals surface area contributed by atoms with Crippen molar-refractivity contribution in [1.82, 2.24) is 4.90 Å². The van der Waals surface area contributed by atoms with Crippen molar-refractivity contribution in [2.45, 2.75) is 51.7 Å². The van der Waals surface area contributed by atoms with Crippen molar-refractivity contribution in [2.75, 3.05) is 19.7 Å². The van der Waals surface area contributed by atoms with E-state index in [1.54, 1.807) is 0 Å². The molecule has 2 N–H and O–H groups in total. The Labute approximate surface area is 110 Å². The first-order valence-electron chi connectivity index (χ1n) is 6.26. The van der Waals surface area contributed by atoms with Gasteiger partial charge in [0, 0.05) is 19.1 Å². The summed E-state index contributed by atoms with van der Waals surface area (Å²) in [4.78, 5) is 13.9. The van der Waals surface area contributed by atoms with Crippen molar-refractivity contribution in [1.29, 1.82) is 0 Å². The second-order valence-electron chi connectivity index (χ2n) is 4.64. The molecule has 1 heterocycles. The average Bonchev–Trinajstić information content (AvgIpc) is 2.28. The summed E-state index contributed by atoms with van der Waals surface area (Å²) in [6.45, 7) is 5.92. The van der Waals surface area contributed by atoms with Gasteiger partial charge in [-0.05, 0) is 33.1 Å². The van der Waals surface area contributed by atoms with Crippen LogP contribution in [0.3, 0.4) is 0 Å². The summed E-state index contributed by atoms with van der Waals surface area (Å²) < 4.78 is 5.39. The van der Waals surface area contributed by atoms with Gasteiger partial charge in [0.15, 0.2) is 0 Å². The molecule has 1 atom stereocenters. The van der Waals surface area contributed by atoms with E-state index in [2.05, 4.69) is 0 Å². The molecule has 0 aromatic rings. The number of carbonyl (C=O) groups excluding carboxylic acids is 1. The Morgan fingerprint density at radius 1 is 1.47 bits per heavy atom. The third-order valence-corrected chi connectivity index (χ3v) is 2.99. The minimum atomic E-state index is 0. The number of hydrogen-bond donors (Lipinski definition) is 1. The third kappa shape index (κ3) is 5.70. The summed E-state index contributed by atoms with van der Waals surface area (Å²) in [6, 6.07) is 0.250. The van der Waals surface area contributed by atoms with E-state index in [9.17, 15) is 4.79 Å². The number of nitrogens with zero attached hydrogens (tertiary/aromatic N) is 1. The van der Waals surface area contributed by atoms with Crippen molar-refractivity contribution in [3.63, 3.8) is 0 Å². The topological polar surface area (TPSA) is 55.6 Å². The summed E-state index contributed by atoms with van der Waals surface area (Å²) in [5.41, 5.74) is 5.68. The van der Waals surface area contributed by atoms with Crippen LogP contribution in [0, 0.1) is 0 Å². The van der Waals surface area contributed by atoms with Gasteiger partial charge in [-0.1, -0.05) is 0 Å². The number of likely N-dealkylation sites (tertiary alicyclic amines) is 1. The average molecular weight is 265 g/mol. The van der Waals surface area contributed by atoms with Gasteiger partial charge in [-0.2, -0.15) is 0 Å². The number of hydrogen-bond acceptors (Lipinski definition) is 3. The van der Waals surface area contributed by atoms with E-state index in [1.807, 2.05) is 18.7 Å². The SMILES string of the molecule is CC(C)OCCC(=O)N1CCCCC1CN.Cl. The second kappa shape index (κ2) is 8.72. The first kappa shape index (κ1) is 16.7. The lowest BCUT2D eigenvalue weighted by molar-refractivity contribution is -0.136. The molecule has 102 valence electrons. The number of rotatable bonds is 5. The van der Waals surface area contributed by atoms with Crippen LogP contribution in [0.1, 0.15) is 39.5 Å². The second-order valence-corrected chi connectivity index (χ2v) is 4.64. The molecular weight excluding hydrogens is 240 g/mol. The Bertz CT molecular complexity index is 225. The molecule has 17 heavy (non-hydrogen) atoms. The molecule has 5 heteroatoms. The molecular formula is C12H25ClN2O2. The molecule has 1 aliphatic heterocycles. The van der Waals surface area contributed by atoms with Crippen LogP contribution in [-0.2, 0) is 9.53 Å². The van der Waals surface area contributed by atoms with Crippen LogP contribution in [-0.4, -0.2) is 42.6 Å². The maximum Gasteiger partial charge on any atom is 0.225 e. The molecule has 1 aliphatic rings. The molecule has 0 bridgehead atoms. The third-order valence-electron chi connectivity index (χ3n) is 2.99. The predicted octanol–water partition coefficient (Wildman–Crippen LogP) is 1.56. The number of ether oxygens (including phenoxy) is 1. The van der Waals surface area contributed by atoms with Crippen molar-refractivity contribution < 1.29 is 9.53 Å². The van der Waals surface area contributed by atoms with Crippen LogP contribution in [0.2, 0.25) is 0 Å². The molecule has 1 saturated heterocycles. The Kier molecular flexibility index (Phi) is 8.56. The quantitative estimate of drug-likeness (QED) is 0.820. The molecule has 1 fully saturated rings. The Morgan fingerprint density at radius 2 is 2.18 bits per heavy atom. The minimum Gasteiger partial charge on any atom is -0.378 e. The Balaban J connectivity index is 0.00000256. The Hall–Kier alpha value is -0.320. The molecule has 0 aliphatic carbocycles. The molecule has 1 unspecified atom stereocenters. The van der Waals surface area contributed by atoms with E-state index >= 15 is 0 Å². The number of amides is 1. The van der Waals surface area contributed by atoms with Crippen LogP contribution in [0.15, 0.2) is 0 Å². The molecule has 0 aromatic carbocycles. The summed E-state index contributed by atoms with van der Waals surface area (Å²) in [7, 11) is 0. The number of halogens is 1. The van der Waals surface area contributed by atoms with Crippen molar-refractivity contribution in [3.8, 4) is 0 Å². The zero-order chi connectivity index (χ0) is 12.0. The van der Waals surface area contributed by atoms with E-state index in [1.165, 1.54) is 6.42 Å². The van der Waals surface area contributed by atoms with Crippen molar-refractivity contribution in [2.24, 2.45) is 5.73 Å². The maximum absolute atomic E-state index is 11.9. The molecule has 0 saturated carbocycles. The van der Waals surface area contributed by atoms with Gasteiger partial charge in [-0.15, -0.1) is 12.4 Å². The van der Waals surface area contributed by atoms with E-state index in [0.29, 0.717) is 19.6 Å². The van der Waals surface area contributed by atoms with Crippen molar-refractivity contribution in [3.05, 3.63) is 0 Å². The first-order chi connectivity index (χ1) is 7.65. The normalized spacial score (nSPS) is 20.2. The first-order valence-corrected chi connectivity index (χ1v) is 6.26. The lowest BCUT2D eigenvalue weighted by Gasteiger charge is -2.35. The monoisotopic (exact) mass is 264 g/mol. The van der Waals surface area contributed by atoms with Crippen LogP contribution in [0.5, 0.6) is 0 Å². The smallest absolute Gasteiger partial charge is 0.225 e. The van der Waals surface area contributed by atoms with E-state index < -0.39 is 0 Å². The van der Waals surface area contributed by atoms with Gasteiger partial charge in [-0.3, -0.25) is 4.79 Å². The zero-order valence-corrected chi connectivity index (χ0v) is 11.7. The molecule has 1 amide bonds. The summed E-state index contributed by atoms with van der Waals surface area (Å²) in [5, 5.41) is 0. The van der Waals surface area contributed by atoms with Crippen LogP contribution < -0.4 is 5.73 Å². The standard InChI is InChI=1S/C12H24N2O2.ClH/c1-10(2)16-8-6-12(15)14-7-4-3-5-11(14)9-13;/h10-11H,3-9,13H2,1-2H3;1H. The highest BCUT2D eigenvalue weighted by molar-refractivity contribution is 5.85.